The Morgan fingerprint density at radius 3 is 2.46 bits per heavy atom. The maximum absolute atomic E-state index is 12.6. The summed E-state index contributed by atoms with van der Waals surface area (Å²) in [4.78, 5) is 27.5. The Labute approximate surface area is 143 Å². The summed E-state index contributed by atoms with van der Waals surface area (Å²) in [6.45, 7) is 10.7. The molecule has 1 aliphatic rings. The maximum Gasteiger partial charge on any atom is 0.273 e. The van der Waals surface area contributed by atoms with Crippen molar-refractivity contribution in [2.45, 2.75) is 33.6 Å². The van der Waals surface area contributed by atoms with Crippen molar-refractivity contribution in [3.63, 3.8) is 0 Å². The van der Waals surface area contributed by atoms with Crippen LogP contribution < -0.4 is 0 Å². The van der Waals surface area contributed by atoms with E-state index in [1.54, 1.807) is 19.1 Å². The third-order valence-corrected chi connectivity index (χ3v) is 4.97. The number of carbonyl (C=O) groups excluding carboxylic acids is 1. The minimum absolute atomic E-state index is 0.0114. The molecule has 1 aromatic carbocycles. The number of nitro benzene ring substituents is 1. The molecule has 0 bridgehead atoms. The quantitative estimate of drug-likeness (QED) is 0.593. The van der Waals surface area contributed by atoms with Crippen LogP contribution in [0, 0.1) is 23.0 Å². The van der Waals surface area contributed by atoms with Crippen molar-refractivity contribution in [3.05, 3.63) is 39.4 Å². The number of hydrogen-bond donors (Lipinski definition) is 0. The van der Waals surface area contributed by atoms with Gasteiger partial charge in [0.15, 0.2) is 0 Å². The molecule has 6 heteroatoms. The van der Waals surface area contributed by atoms with Gasteiger partial charge in [0, 0.05) is 36.8 Å². The van der Waals surface area contributed by atoms with E-state index in [1.165, 1.54) is 6.07 Å². The summed E-state index contributed by atoms with van der Waals surface area (Å²) in [5.74, 6) is 0.528. The van der Waals surface area contributed by atoms with Gasteiger partial charge in [-0.2, -0.15) is 0 Å². The van der Waals surface area contributed by atoms with Crippen molar-refractivity contribution < 1.29 is 9.72 Å². The molecule has 2 rings (SSSR count). The summed E-state index contributed by atoms with van der Waals surface area (Å²) in [7, 11) is 0. The zero-order chi connectivity index (χ0) is 17.7. The normalized spacial score (nSPS) is 15.8. The van der Waals surface area contributed by atoms with E-state index in [0.29, 0.717) is 17.0 Å². The number of aryl methyl sites for hydroxylation is 1. The molecule has 6 nitrogen and oxygen atoms in total. The summed E-state index contributed by atoms with van der Waals surface area (Å²) < 4.78 is 0. The number of nitrogens with zero attached hydrogens (tertiary/aromatic N) is 3. The van der Waals surface area contributed by atoms with Gasteiger partial charge in [-0.3, -0.25) is 14.9 Å². The predicted octanol–water partition coefficient (Wildman–Crippen LogP) is 3.10. The van der Waals surface area contributed by atoms with Crippen LogP contribution in [0.5, 0.6) is 0 Å². The minimum Gasteiger partial charge on any atom is -0.339 e. The van der Waals surface area contributed by atoms with Gasteiger partial charge in [-0.15, -0.1) is 0 Å². The molecule has 1 fully saturated rings. The van der Waals surface area contributed by atoms with E-state index in [1.807, 2.05) is 4.90 Å². The summed E-state index contributed by atoms with van der Waals surface area (Å²) in [5, 5.41) is 11.1. The van der Waals surface area contributed by atoms with E-state index in [0.717, 1.165) is 45.6 Å². The molecule has 132 valence electrons. The van der Waals surface area contributed by atoms with Gasteiger partial charge in [0.1, 0.15) is 0 Å². The molecule has 1 aromatic rings. The van der Waals surface area contributed by atoms with Crippen LogP contribution in [-0.2, 0) is 0 Å². The number of nitro groups is 1. The number of amides is 1. The highest BCUT2D eigenvalue weighted by Gasteiger charge is 2.25. The first-order valence-electron chi connectivity index (χ1n) is 8.72. The summed E-state index contributed by atoms with van der Waals surface area (Å²) in [5.41, 5.74) is 1.00. The molecule has 1 saturated heterocycles. The number of likely N-dealkylation sites (tertiary alicyclic amines) is 1. The number of piperidine rings is 1. The Hall–Kier alpha value is -1.95. The highest BCUT2D eigenvalue weighted by atomic mass is 16.6. The molecule has 1 amide bonds. The van der Waals surface area contributed by atoms with Crippen LogP contribution in [0.15, 0.2) is 18.2 Å². The van der Waals surface area contributed by atoms with Gasteiger partial charge in [0.2, 0.25) is 0 Å². The van der Waals surface area contributed by atoms with E-state index in [-0.39, 0.29) is 11.6 Å². The molecule has 0 N–H and O–H groups in total. The van der Waals surface area contributed by atoms with Crippen LogP contribution in [0.1, 0.15) is 42.6 Å². The fourth-order valence-electron chi connectivity index (χ4n) is 3.29. The molecule has 0 aromatic heterocycles. The van der Waals surface area contributed by atoms with Crippen LogP contribution in [0.3, 0.4) is 0 Å². The SMILES string of the molecule is CCN(CC)CC1CCN(C(=O)c2ccc(C)c([N+](=O)[O-])c2)CC1. The lowest BCUT2D eigenvalue weighted by atomic mass is 9.95. The van der Waals surface area contributed by atoms with Gasteiger partial charge >= 0.3 is 0 Å². The van der Waals surface area contributed by atoms with Gasteiger partial charge in [-0.05, 0) is 44.8 Å². The first-order valence-corrected chi connectivity index (χ1v) is 8.72. The van der Waals surface area contributed by atoms with Crippen molar-refractivity contribution in [1.82, 2.24) is 9.80 Å². The molecule has 0 atom stereocenters. The van der Waals surface area contributed by atoms with Crippen LogP contribution in [-0.4, -0.2) is 53.4 Å². The van der Waals surface area contributed by atoms with E-state index in [2.05, 4.69) is 18.7 Å². The first kappa shape index (κ1) is 18.4. The highest BCUT2D eigenvalue weighted by molar-refractivity contribution is 5.95. The third kappa shape index (κ3) is 4.32. The number of hydrogen-bond acceptors (Lipinski definition) is 4. The second-order valence-corrected chi connectivity index (χ2v) is 6.48. The highest BCUT2D eigenvalue weighted by Crippen LogP contribution is 2.23. The molecule has 0 spiro atoms. The van der Waals surface area contributed by atoms with Crippen molar-refractivity contribution in [2.75, 3.05) is 32.7 Å². The molecular weight excluding hydrogens is 306 g/mol. The number of rotatable bonds is 6. The Morgan fingerprint density at radius 2 is 1.92 bits per heavy atom. The average Bonchev–Trinajstić information content (AvgIpc) is 2.59. The fraction of sp³-hybridized carbons (Fsp3) is 0.611. The van der Waals surface area contributed by atoms with Crippen LogP contribution >= 0.6 is 0 Å². The van der Waals surface area contributed by atoms with Crippen molar-refractivity contribution in [1.29, 1.82) is 0 Å². The van der Waals surface area contributed by atoms with Crippen molar-refractivity contribution in [2.24, 2.45) is 5.92 Å². The molecule has 0 saturated carbocycles. The Bertz CT molecular complexity index is 591. The van der Waals surface area contributed by atoms with E-state index in [9.17, 15) is 14.9 Å². The fourth-order valence-corrected chi connectivity index (χ4v) is 3.29. The Kier molecular flexibility index (Phi) is 6.31. The monoisotopic (exact) mass is 333 g/mol. The Morgan fingerprint density at radius 1 is 1.29 bits per heavy atom. The average molecular weight is 333 g/mol. The standard InChI is InChI=1S/C18H27N3O3/c1-4-19(5-2)13-15-8-10-20(11-9-15)18(22)16-7-6-14(3)17(12-16)21(23)24/h6-7,12,15H,4-5,8-11,13H2,1-3H3. The third-order valence-electron chi connectivity index (χ3n) is 4.97. The van der Waals surface area contributed by atoms with Crippen LogP contribution in [0.25, 0.3) is 0 Å². The molecule has 0 unspecified atom stereocenters. The summed E-state index contributed by atoms with van der Waals surface area (Å²) in [6.07, 6.45) is 1.99. The topological polar surface area (TPSA) is 66.7 Å². The lowest BCUT2D eigenvalue weighted by Crippen LogP contribution is -2.41. The van der Waals surface area contributed by atoms with Gasteiger partial charge < -0.3 is 9.80 Å². The van der Waals surface area contributed by atoms with E-state index in [4.69, 9.17) is 0 Å². The smallest absolute Gasteiger partial charge is 0.273 e. The van der Waals surface area contributed by atoms with Gasteiger partial charge in [0.05, 0.1) is 4.92 Å². The zero-order valence-electron chi connectivity index (χ0n) is 14.8. The minimum atomic E-state index is -0.428. The molecule has 1 heterocycles. The molecule has 0 aliphatic carbocycles. The van der Waals surface area contributed by atoms with Gasteiger partial charge in [0.25, 0.3) is 11.6 Å². The molecular formula is C18H27N3O3. The second-order valence-electron chi connectivity index (χ2n) is 6.48. The van der Waals surface area contributed by atoms with Gasteiger partial charge in [-0.1, -0.05) is 19.9 Å². The zero-order valence-corrected chi connectivity index (χ0v) is 14.8. The Balaban J connectivity index is 1.98. The van der Waals surface area contributed by atoms with Crippen LogP contribution in [0.2, 0.25) is 0 Å². The lowest BCUT2D eigenvalue weighted by molar-refractivity contribution is -0.385. The summed E-state index contributed by atoms with van der Waals surface area (Å²) >= 11 is 0. The number of benzene rings is 1. The lowest BCUT2D eigenvalue weighted by Gasteiger charge is -2.34. The largest absolute Gasteiger partial charge is 0.339 e. The summed E-state index contributed by atoms with van der Waals surface area (Å²) in [6, 6.07) is 4.74. The first-order chi connectivity index (χ1) is 11.5. The second kappa shape index (κ2) is 8.24. The number of carbonyl (C=O) groups is 1. The molecule has 24 heavy (non-hydrogen) atoms. The van der Waals surface area contributed by atoms with Crippen LogP contribution in [0.4, 0.5) is 5.69 Å². The van der Waals surface area contributed by atoms with Crippen molar-refractivity contribution in [3.8, 4) is 0 Å². The van der Waals surface area contributed by atoms with Crippen molar-refractivity contribution >= 4 is 11.6 Å². The maximum atomic E-state index is 12.6. The van der Waals surface area contributed by atoms with E-state index < -0.39 is 4.92 Å². The van der Waals surface area contributed by atoms with Gasteiger partial charge in [-0.25, -0.2) is 0 Å². The predicted molar refractivity (Wildman–Crippen MR) is 94.2 cm³/mol. The molecule has 0 radical (unpaired) electrons. The molecule has 1 aliphatic heterocycles. The van der Waals surface area contributed by atoms with E-state index >= 15 is 0 Å².